The number of esters is 4. The van der Waals surface area contributed by atoms with Crippen LogP contribution in [0.1, 0.15) is 41.4 Å². The number of carbonyl (C=O) groups excluding carboxylic acids is 5. The predicted octanol–water partition coefficient (Wildman–Crippen LogP) is 6.49. The van der Waals surface area contributed by atoms with E-state index in [1.807, 2.05) is 0 Å². The lowest BCUT2D eigenvalue weighted by atomic mass is 9.97. The van der Waals surface area contributed by atoms with Crippen LogP contribution in [0.4, 0.5) is 10.5 Å². The number of amides is 1. The molecular weight excluding hydrogens is 682 g/mol. The van der Waals surface area contributed by atoms with Crippen LogP contribution in [0.25, 0.3) is 0 Å². The van der Waals surface area contributed by atoms with Gasteiger partial charge in [-0.2, -0.15) is 0 Å². The minimum Gasteiger partial charge on any atom is -0.459 e. The molecule has 5 atom stereocenters. The molecule has 0 saturated carbocycles. The van der Waals surface area contributed by atoms with Gasteiger partial charge in [0.05, 0.1) is 22.3 Å². The largest absolute Gasteiger partial charge is 0.459 e. The average Bonchev–Trinajstić information content (AvgIpc) is 3.20. The molecule has 1 aliphatic rings. The average molecular weight is 716 g/mol. The van der Waals surface area contributed by atoms with Crippen LogP contribution in [0.15, 0.2) is 152 Å². The zero-order chi connectivity index (χ0) is 37.0. The quantitative estimate of drug-likeness (QED) is 0.118. The monoisotopic (exact) mass is 715 g/mol. The van der Waals surface area contributed by atoms with Crippen LogP contribution in [0.2, 0.25) is 0 Å². The topological polar surface area (TPSA) is 153 Å². The van der Waals surface area contributed by atoms with Gasteiger partial charge in [-0.3, -0.25) is 5.32 Å². The Kier molecular flexibility index (Phi) is 11.8. The van der Waals surface area contributed by atoms with E-state index in [2.05, 4.69) is 5.32 Å². The molecule has 0 aliphatic carbocycles. The van der Waals surface area contributed by atoms with E-state index in [0.29, 0.717) is 5.69 Å². The van der Waals surface area contributed by atoms with E-state index in [1.165, 1.54) is 36.4 Å². The summed E-state index contributed by atoms with van der Waals surface area (Å²) in [6, 6.07) is 40.3. The van der Waals surface area contributed by atoms with Crippen molar-refractivity contribution in [3.05, 3.63) is 174 Å². The summed E-state index contributed by atoms with van der Waals surface area (Å²) in [4.78, 5) is 67.3. The number of hydrogen-bond acceptors (Lipinski definition) is 11. The number of nitrogens with one attached hydrogen (secondary N) is 1. The normalized spacial score (nSPS) is 19.1. The number of anilines is 1. The van der Waals surface area contributed by atoms with E-state index in [-0.39, 0.29) is 22.3 Å². The number of rotatable bonds is 11. The SMILES string of the molecule is O=C(Nc1ccccc1)O[C@@H]1O[C@H](COC(=O)c2ccccc2)[C@@H](OC(=O)c2ccccc2)[C@H](OC(=O)c2ccccc2)[C@H]1OC(=O)c1ccccc1. The maximum Gasteiger partial charge on any atom is 0.414 e. The molecule has 1 N–H and O–H groups in total. The molecule has 0 unspecified atom stereocenters. The molecule has 53 heavy (non-hydrogen) atoms. The Bertz CT molecular complexity index is 2000. The van der Waals surface area contributed by atoms with Crippen molar-refractivity contribution in [2.24, 2.45) is 0 Å². The summed E-state index contributed by atoms with van der Waals surface area (Å²) in [5.41, 5.74) is 0.967. The highest BCUT2D eigenvalue weighted by molar-refractivity contribution is 5.92. The molecule has 0 bridgehead atoms. The van der Waals surface area contributed by atoms with Gasteiger partial charge in [-0.05, 0) is 60.7 Å². The minimum absolute atomic E-state index is 0.116. The van der Waals surface area contributed by atoms with Crippen LogP contribution in [0, 0.1) is 0 Å². The molecule has 0 radical (unpaired) electrons. The second kappa shape index (κ2) is 17.4. The Labute approximate surface area is 304 Å². The molecule has 1 fully saturated rings. The number of carbonyl (C=O) groups is 5. The summed E-state index contributed by atoms with van der Waals surface area (Å²) in [5.74, 6) is -3.36. The second-order valence-electron chi connectivity index (χ2n) is 11.6. The molecule has 12 heteroatoms. The van der Waals surface area contributed by atoms with E-state index >= 15 is 0 Å². The lowest BCUT2D eigenvalue weighted by Gasteiger charge is -2.43. The molecule has 5 aromatic rings. The Morgan fingerprint density at radius 1 is 0.453 bits per heavy atom. The van der Waals surface area contributed by atoms with E-state index in [9.17, 15) is 24.0 Å². The van der Waals surface area contributed by atoms with Crippen molar-refractivity contribution in [2.45, 2.75) is 30.7 Å². The zero-order valence-electron chi connectivity index (χ0n) is 28.0. The summed E-state index contributed by atoms with van der Waals surface area (Å²) >= 11 is 0. The first-order valence-electron chi connectivity index (χ1n) is 16.5. The summed E-state index contributed by atoms with van der Waals surface area (Å²) in [5, 5.41) is 2.57. The number of ether oxygens (including phenoxy) is 6. The van der Waals surface area contributed by atoms with Gasteiger partial charge in [0.15, 0.2) is 12.2 Å². The number of para-hydroxylation sites is 1. The van der Waals surface area contributed by atoms with Crippen LogP contribution in [-0.2, 0) is 28.4 Å². The lowest BCUT2D eigenvalue weighted by Crippen LogP contribution is -2.63. The first-order chi connectivity index (χ1) is 25.9. The highest BCUT2D eigenvalue weighted by atomic mass is 16.8. The molecule has 268 valence electrons. The van der Waals surface area contributed by atoms with Gasteiger partial charge in [-0.15, -0.1) is 0 Å². The molecule has 0 spiro atoms. The molecule has 6 rings (SSSR count). The highest BCUT2D eigenvalue weighted by Gasteiger charge is 2.54. The van der Waals surface area contributed by atoms with E-state index in [1.54, 1.807) is 115 Å². The van der Waals surface area contributed by atoms with Crippen molar-refractivity contribution in [2.75, 3.05) is 11.9 Å². The van der Waals surface area contributed by atoms with Crippen molar-refractivity contribution in [1.29, 1.82) is 0 Å². The van der Waals surface area contributed by atoms with E-state index < -0.39 is 67.3 Å². The van der Waals surface area contributed by atoms with Gasteiger partial charge >= 0.3 is 30.0 Å². The lowest BCUT2D eigenvalue weighted by molar-refractivity contribution is -0.281. The minimum atomic E-state index is -1.79. The molecule has 0 aromatic heterocycles. The van der Waals surface area contributed by atoms with Crippen molar-refractivity contribution in [3.63, 3.8) is 0 Å². The van der Waals surface area contributed by atoms with Crippen LogP contribution in [0.3, 0.4) is 0 Å². The second-order valence-corrected chi connectivity index (χ2v) is 11.6. The van der Waals surface area contributed by atoms with E-state index in [0.717, 1.165) is 0 Å². The van der Waals surface area contributed by atoms with Gasteiger partial charge < -0.3 is 28.4 Å². The van der Waals surface area contributed by atoms with Crippen molar-refractivity contribution < 1.29 is 52.4 Å². The third-order valence-electron chi connectivity index (χ3n) is 7.98. The molecule has 1 heterocycles. The number of benzene rings is 5. The molecular formula is C41H33NO11. The fourth-order valence-electron chi connectivity index (χ4n) is 5.40. The number of hydrogen-bond donors (Lipinski definition) is 1. The van der Waals surface area contributed by atoms with Crippen LogP contribution in [0.5, 0.6) is 0 Å². The third kappa shape index (κ3) is 9.51. The van der Waals surface area contributed by atoms with Crippen LogP contribution >= 0.6 is 0 Å². The Hall–Kier alpha value is -6.79. The standard InChI is InChI=1S/C41H33NO11/c43-36(27-16-6-1-7-17-27)48-26-32-33(50-37(44)28-18-8-2-9-19-28)34(51-38(45)29-20-10-3-11-21-29)35(52-39(46)30-22-12-4-13-23-30)40(49-32)53-41(47)42-31-24-14-5-15-25-31/h1-25,32-35,40H,26H2,(H,42,47)/t32-,33-,34+,35-,40+/m1/s1. The molecule has 1 saturated heterocycles. The van der Waals surface area contributed by atoms with Gasteiger partial charge in [0.2, 0.25) is 12.4 Å². The summed E-state index contributed by atoms with van der Waals surface area (Å²) in [7, 11) is 0. The maximum atomic E-state index is 13.7. The highest BCUT2D eigenvalue weighted by Crippen LogP contribution is 2.32. The van der Waals surface area contributed by atoms with Crippen molar-refractivity contribution >= 4 is 35.7 Å². The van der Waals surface area contributed by atoms with Gasteiger partial charge in [0.25, 0.3) is 0 Å². The van der Waals surface area contributed by atoms with E-state index in [4.69, 9.17) is 28.4 Å². The summed E-state index contributed by atoms with van der Waals surface area (Å²) < 4.78 is 35.4. The van der Waals surface area contributed by atoms with Gasteiger partial charge in [0, 0.05) is 5.69 Å². The first-order valence-corrected chi connectivity index (χ1v) is 16.5. The summed E-state index contributed by atoms with van der Waals surface area (Å²) in [6.45, 7) is -0.570. The Morgan fingerprint density at radius 2 is 0.830 bits per heavy atom. The van der Waals surface area contributed by atoms with Gasteiger partial charge in [0.1, 0.15) is 12.7 Å². The first kappa shape index (κ1) is 36.0. The van der Waals surface area contributed by atoms with Crippen LogP contribution < -0.4 is 5.32 Å². The fraction of sp³-hybridized carbons (Fsp3) is 0.146. The zero-order valence-corrected chi connectivity index (χ0v) is 28.0. The smallest absolute Gasteiger partial charge is 0.414 e. The third-order valence-corrected chi connectivity index (χ3v) is 7.98. The maximum absolute atomic E-state index is 13.7. The molecule has 5 aromatic carbocycles. The molecule has 12 nitrogen and oxygen atoms in total. The predicted molar refractivity (Wildman–Crippen MR) is 189 cm³/mol. The van der Waals surface area contributed by atoms with Gasteiger partial charge in [-0.25, -0.2) is 24.0 Å². The van der Waals surface area contributed by atoms with Gasteiger partial charge in [-0.1, -0.05) is 91.0 Å². The van der Waals surface area contributed by atoms with Crippen molar-refractivity contribution in [1.82, 2.24) is 0 Å². The Morgan fingerprint density at radius 3 is 1.28 bits per heavy atom. The van der Waals surface area contributed by atoms with Crippen LogP contribution in [-0.4, -0.2) is 67.3 Å². The fourth-order valence-corrected chi connectivity index (χ4v) is 5.40. The summed E-state index contributed by atoms with van der Waals surface area (Å²) in [6.07, 6.45) is -9.20. The Balaban J connectivity index is 1.40. The molecule has 1 aliphatic heterocycles. The van der Waals surface area contributed by atoms with Crippen molar-refractivity contribution in [3.8, 4) is 0 Å². The molecule has 1 amide bonds.